The highest BCUT2D eigenvalue weighted by Crippen LogP contribution is 2.32. The van der Waals surface area contributed by atoms with Crippen LogP contribution >= 0.6 is 0 Å². The van der Waals surface area contributed by atoms with Gasteiger partial charge in [0, 0.05) is 18.7 Å². The molecule has 20 heavy (non-hydrogen) atoms. The second kappa shape index (κ2) is 5.65. The first-order chi connectivity index (χ1) is 9.75. The smallest absolute Gasteiger partial charge is 0.228 e. The number of aromatic nitrogens is 3. The number of nitrogens with one attached hydrogen (secondary N) is 1. The van der Waals surface area contributed by atoms with E-state index in [4.69, 9.17) is 0 Å². The SMILES string of the molecule is Cc1ccccc1Nc1nnc(C2CCCCC2)n1C. The largest absolute Gasteiger partial charge is 0.324 e. The van der Waals surface area contributed by atoms with Gasteiger partial charge in [0.15, 0.2) is 0 Å². The summed E-state index contributed by atoms with van der Waals surface area (Å²) in [4.78, 5) is 0. The molecular formula is C16H22N4. The average molecular weight is 270 g/mol. The third-order valence-corrected chi connectivity index (χ3v) is 4.27. The van der Waals surface area contributed by atoms with Crippen molar-refractivity contribution in [2.75, 3.05) is 5.32 Å². The zero-order valence-corrected chi connectivity index (χ0v) is 12.3. The topological polar surface area (TPSA) is 42.7 Å². The van der Waals surface area contributed by atoms with E-state index in [0.717, 1.165) is 17.5 Å². The van der Waals surface area contributed by atoms with Crippen LogP contribution in [-0.2, 0) is 7.05 Å². The van der Waals surface area contributed by atoms with Crippen molar-refractivity contribution in [3.05, 3.63) is 35.7 Å². The number of rotatable bonds is 3. The molecule has 1 aliphatic rings. The van der Waals surface area contributed by atoms with E-state index in [1.807, 2.05) is 12.1 Å². The Bertz CT molecular complexity index is 582. The average Bonchev–Trinajstić information content (AvgIpc) is 2.84. The maximum Gasteiger partial charge on any atom is 0.228 e. The fraction of sp³-hybridized carbons (Fsp3) is 0.500. The van der Waals surface area contributed by atoms with E-state index < -0.39 is 0 Å². The van der Waals surface area contributed by atoms with Crippen molar-refractivity contribution in [2.24, 2.45) is 7.05 Å². The van der Waals surface area contributed by atoms with Crippen LogP contribution in [0.5, 0.6) is 0 Å². The quantitative estimate of drug-likeness (QED) is 0.919. The maximum atomic E-state index is 4.42. The van der Waals surface area contributed by atoms with Gasteiger partial charge in [-0.2, -0.15) is 0 Å². The predicted octanol–water partition coefficient (Wildman–Crippen LogP) is 3.91. The molecule has 1 aliphatic carbocycles. The first-order valence-corrected chi connectivity index (χ1v) is 7.47. The van der Waals surface area contributed by atoms with E-state index in [2.05, 4.69) is 46.2 Å². The van der Waals surface area contributed by atoms with Crippen molar-refractivity contribution in [3.8, 4) is 0 Å². The highest BCUT2D eigenvalue weighted by molar-refractivity contribution is 5.58. The van der Waals surface area contributed by atoms with Crippen LogP contribution in [0.4, 0.5) is 11.6 Å². The lowest BCUT2D eigenvalue weighted by Crippen LogP contribution is -2.11. The molecule has 1 heterocycles. The Kier molecular flexibility index (Phi) is 3.72. The van der Waals surface area contributed by atoms with Crippen LogP contribution < -0.4 is 5.32 Å². The normalized spacial score (nSPS) is 16.3. The van der Waals surface area contributed by atoms with E-state index >= 15 is 0 Å². The molecule has 1 fully saturated rings. The summed E-state index contributed by atoms with van der Waals surface area (Å²) in [6.07, 6.45) is 6.49. The molecule has 3 rings (SSSR count). The highest BCUT2D eigenvalue weighted by atomic mass is 15.3. The van der Waals surface area contributed by atoms with Gasteiger partial charge in [-0.3, -0.25) is 0 Å². The Balaban J connectivity index is 1.81. The highest BCUT2D eigenvalue weighted by Gasteiger charge is 2.21. The van der Waals surface area contributed by atoms with Crippen LogP contribution in [-0.4, -0.2) is 14.8 Å². The number of hydrogen-bond acceptors (Lipinski definition) is 3. The summed E-state index contributed by atoms with van der Waals surface area (Å²) < 4.78 is 2.11. The molecule has 0 radical (unpaired) electrons. The Morgan fingerprint density at radius 2 is 1.85 bits per heavy atom. The minimum Gasteiger partial charge on any atom is -0.324 e. The fourth-order valence-electron chi connectivity index (χ4n) is 3.00. The van der Waals surface area contributed by atoms with Crippen LogP contribution in [0.2, 0.25) is 0 Å². The van der Waals surface area contributed by atoms with Crippen molar-refractivity contribution in [1.82, 2.24) is 14.8 Å². The summed E-state index contributed by atoms with van der Waals surface area (Å²) in [5.41, 5.74) is 2.31. The van der Waals surface area contributed by atoms with Gasteiger partial charge in [-0.05, 0) is 31.4 Å². The van der Waals surface area contributed by atoms with Crippen molar-refractivity contribution >= 4 is 11.6 Å². The molecule has 0 unspecified atom stereocenters. The minimum absolute atomic E-state index is 0.577. The number of hydrogen-bond donors (Lipinski definition) is 1. The molecule has 1 aromatic heterocycles. The summed E-state index contributed by atoms with van der Waals surface area (Å²) in [5, 5.41) is 12.1. The molecular weight excluding hydrogens is 248 g/mol. The van der Waals surface area contributed by atoms with E-state index in [-0.39, 0.29) is 0 Å². The molecule has 1 N–H and O–H groups in total. The first kappa shape index (κ1) is 13.2. The Labute approximate surface area is 120 Å². The summed E-state index contributed by atoms with van der Waals surface area (Å²) in [7, 11) is 2.06. The zero-order chi connectivity index (χ0) is 13.9. The third-order valence-electron chi connectivity index (χ3n) is 4.27. The van der Waals surface area contributed by atoms with Crippen molar-refractivity contribution < 1.29 is 0 Å². The van der Waals surface area contributed by atoms with Crippen LogP contribution in [0.3, 0.4) is 0 Å². The first-order valence-electron chi connectivity index (χ1n) is 7.47. The van der Waals surface area contributed by atoms with Crippen LogP contribution in [0, 0.1) is 6.92 Å². The molecule has 2 aromatic rings. The molecule has 0 amide bonds. The predicted molar refractivity (Wildman–Crippen MR) is 81.3 cm³/mol. The van der Waals surface area contributed by atoms with Gasteiger partial charge in [0.1, 0.15) is 5.82 Å². The lowest BCUT2D eigenvalue weighted by molar-refractivity contribution is 0.421. The van der Waals surface area contributed by atoms with Crippen LogP contribution in [0.15, 0.2) is 24.3 Å². The van der Waals surface area contributed by atoms with Gasteiger partial charge >= 0.3 is 0 Å². The Morgan fingerprint density at radius 3 is 2.60 bits per heavy atom. The molecule has 1 aromatic carbocycles. The van der Waals surface area contributed by atoms with Crippen LogP contribution in [0.1, 0.15) is 49.4 Å². The van der Waals surface area contributed by atoms with Crippen LogP contribution in [0.25, 0.3) is 0 Å². The standard InChI is InChI=1S/C16H22N4/c1-12-8-6-7-11-14(12)17-16-19-18-15(20(16)2)13-9-4-3-5-10-13/h6-8,11,13H,3-5,9-10H2,1-2H3,(H,17,19). The summed E-state index contributed by atoms with van der Waals surface area (Å²) in [5.74, 6) is 2.54. The van der Waals surface area contributed by atoms with Gasteiger partial charge in [0.25, 0.3) is 0 Å². The molecule has 0 atom stereocenters. The van der Waals surface area contributed by atoms with Gasteiger partial charge in [0.2, 0.25) is 5.95 Å². The molecule has 4 nitrogen and oxygen atoms in total. The number of benzene rings is 1. The van der Waals surface area contributed by atoms with E-state index in [0.29, 0.717) is 5.92 Å². The molecule has 0 bridgehead atoms. The van der Waals surface area contributed by atoms with Crippen molar-refractivity contribution in [3.63, 3.8) is 0 Å². The third kappa shape index (κ3) is 2.55. The monoisotopic (exact) mass is 270 g/mol. The van der Waals surface area contributed by atoms with E-state index in [1.165, 1.54) is 37.7 Å². The van der Waals surface area contributed by atoms with Gasteiger partial charge in [-0.15, -0.1) is 10.2 Å². The number of aryl methyl sites for hydroxylation is 1. The lowest BCUT2D eigenvalue weighted by Gasteiger charge is -2.20. The van der Waals surface area contributed by atoms with Crippen molar-refractivity contribution in [2.45, 2.75) is 44.9 Å². The summed E-state index contributed by atoms with van der Waals surface area (Å²) in [6, 6.07) is 8.25. The van der Waals surface area contributed by atoms with E-state index in [9.17, 15) is 0 Å². The number of nitrogens with zero attached hydrogens (tertiary/aromatic N) is 3. The number of anilines is 2. The molecule has 0 aliphatic heterocycles. The summed E-state index contributed by atoms with van der Waals surface area (Å²) >= 11 is 0. The zero-order valence-electron chi connectivity index (χ0n) is 12.3. The molecule has 4 heteroatoms. The van der Waals surface area contributed by atoms with Gasteiger partial charge in [-0.25, -0.2) is 0 Å². The Hall–Kier alpha value is -1.84. The molecule has 106 valence electrons. The van der Waals surface area contributed by atoms with Gasteiger partial charge in [-0.1, -0.05) is 37.5 Å². The van der Waals surface area contributed by atoms with E-state index in [1.54, 1.807) is 0 Å². The molecule has 0 spiro atoms. The van der Waals surface area contributed by atoms with Gasteiger partial charge < -0.3 is 9.88 Å². The second-order valence-electron chi connectivity index (χ2n) is 5.72. The molecule has 0 saturated heterocycles. The Morgan fingerprint density at radius 1 is 1.10 bits per heavy atom. The fourth-order valence-corrected chi connectivity index (χ4v) is 3.00. The van der Waals surface area contributed by atoms with Gasteiger partial charge in [0.05, 0.1) is 0 Å². The maximum absolute atomic E-state index is 4.42. The summed E-state index contributed by atoms with van der Waals surface area (Å²) in [6.45, 7) is 2.10. The van der Waals surface area contributed by atoms with Crippen molar-refractivity contribution in [1.29, 1.82) is 0 Å². The minimum atomic E-state index is 0.577. The number of para-hydroxylation sites is 1. The second-order valence-corrected chi connectivity index (χ2v) is 5.72. The lowest BCUT2D eigenvalue weighted by atomic mass is 9.89. The molecule has 1 saturated carbocycles.